The highest BCUT2D eigenvalue weighted by molar-refractivity contribution is 9.10. The number of halogens is 1. The Bertz CT molecular complexity index is 404. The molecule has 1 aromatic rings. The first kappa shape index (κ1) is 14.1. The molecule has 0 heterocycles. The number of hydrogen-bond donors (Lipinski definition) is 1. The molecule has 0 aliphatic heterocycles. The highest BCUT2D eigenvalue weighted by Gasteiger charge is 2.45. The smallest absolute Gasteiger partial charge is 0.0175 e. The molecule has 0 radical (unpaired) electrons. The van der Waals surface area contributed by atoms with Crippen LogP contribution in [0.1, 0.15) is 46.1 Å². The van der Waals surface area contributed by atoms with Crippen molar-refractivity contribution in [3.63, 3.8) is 0 Å². The molecule has 2 atom stereocenters. The first-order valence-electron chi connectivity index (χ1n) is 6.85. The van der Waals surface area contributed by atoms with E-state index in [9.17, 15) is 0 Å². The summed E-state index contributed by atoms with van der Waals surface area (Å²) in [5, 5.41) is 3.70. The van der Waals surface area contributed by atoms with Gasteiger partial charge in [-0.1, -0.05) is 35.0 Å². The molecule has 0 amide bonds. The van der Waals surface area contributed by atoms with Crippen LogP contribution in [0.2, 0.25) is 0 Å². The molecule has 0 saturated heterocycles. The number of hydrogen-bond acceptors (Lipinski definition) is 1. The second-order valence-electron chi connectivity index (χ2n) is 6.71. The van der Waals surface area contributed by atoms with Gasteiger partial charge in [0, 0.05) is 22.0 Å². The minimum Gasteiger partial charge on any atom is -0.311 e. The highest BCUT2D eigenvalue weighted by atomic mass is 79.9. The molecule has 2 unspecified atom stereocenters. The average molecular weight is 310 g/mol. The lowest BCUT2D eigenvalue weighted by molar-refractivity contribution is 0.124. The third-order valence-electron chi connectivity index (χ3n) is 4.32. The third-order valence-corrected chi connectivity index (χ3v) is 4.85. The molecular formula is C16H24BrN. The van der Waals surface area contributed by atoms with Crippen LogP contribution in [0.3, 0.4) is 0 Å². The summed E-state index contributed by atoms with van der Waals surface area (Å²) in [6, 6.07) is 8.90. The lowest BCUT2D eigenvalue weighted by atomic mass is 9.57. The SMILES string of the molecule is CC1CCC1(CNC(C)(C)C)c1ccc(Br)cc1. The standard InChI is InChI=1S/C16H24BrN/c1-12-9-10-16(12,11-18-15(2,3)4)13-5-7-14(17)8-6-13/h5-8,12,18H,9-11H2,1-4H3. The Balaban J connectivity index is 2.20. The van der Waals surface area contributed by atoms with E-state index >= 15 is 0 Å². The predicted molar refractivity (Wildman–Crippen MR) is 82.0 cm³/mol. The summed E-state index contributed by atoms with van der Waals surface area (Å²) < 4.78 is 1.16. The van der Waals surface area contributed by atoms with Crippen molar-refractivity contribution in [2.75, 3.05) is 6.54 Å². The van der Waals surface area contributed by atoms with E-state index in [1.165, 1.54) is 18.4 Å². The largest absolute Gasteiger partial charge is 0.311 e. The van der Waals surface area contributed by atoms with Crippen molar-refractivity contribution in [3.8, 4) is 0 Å². The van der Waals surface area contributed by atoms with Gasteiger partial charge in [0.2, 0.25) is 0 Å². The van der Waals surface area contributed by atoms with Crippen molar-refractivity contribution in [1.82, 2.24) is 5.32 Å². The van der Waals surface area contributed by atoms with Gasteiger partial charge in [-0.15, -0.1) is 0 Å². The van der Waals surface area contributed by atoms with E-state index in [0.717, 1.165) is 16.9 Å². The predicted octanol–water partition coefficient (Wildman–Crippen LogP) is 4.50. The Morgan fingerprint density at radius 2 is 1.89 bits per heavy atom. The van der Waals surface area contributed by atoms with Crippen molar-refractivity contribution in [2.24, 2.45) is 5.92 Å². The summed E-state index contributed by atoms with van der Waals surface area (Å²) in [7, 11) is 0. The molecule has 2 heteroatoms. The van der Waals surface area contributed by atoms with Crippen LogP contribution in [0.5, 0.6) is 0 Å². The summed E-state index contributed by atoms with van der Waals surface area (Å²) in [6.45, 7) is 10.2. The van der Waals surface area contributed by atoms with Crippen LogP contribution in [0.4, 0.5) is 0 Å². The van der Waals surface area contributed by atoms with Crippen LogP contribution in [0.25, 0.3) is 0 Å². The van der Waals surface area contributed by atoms with Crippen LogP contribution < -0.4 is 5.32 Å². The molecule has 100 valence electrons. The van der Waals surface area contributed by atoms with Gasteiger partial charge in [-0.05, 0) is 57.2 Å². The van der Waals surface area contributed by atoms with Crippen LogP contribution in [0, 0.1) is 5.92 Å². The van der Waals surface area contributed by atoms with Crippen LogP contribution in [-0.4, -0.2) is 12.1 Å². The fraction of sp³-hybridized carbons (Fsp3) is 0.625. The zero-order valence-electron chi connectivity index (χ0n) is 11.9. The van der Waals surface area contributed by atoms with Gasteiger partial charge in [0.1, 0.15) is 0 Å². The Labute approximate surface area is 119 Å². The van der Waals surface area contributed by atoms with Crippen molar-refractivity contribution >= 4 is 15.9 Å². The van der Waals surface area contributed by atoms with Crippen LogP contribution in [0.15, 0.2) is 28.7 Å². The average Bonchev–Trinajstić information content (AvgIpc) is 2.28. The van der Waals surface area contributed by atoms with E-state index in [1.54, 1.807) is 0 Å². The minimum absolute atomic E-state index is 0.192. The van der Waals surface area contributed by atoms with E-state index in [2.05, 4.69) is 73.2 Å². The van der Waals surface area contributed by atoms with Crippen LogP contribution >= 0.6 is 15.9 Å². The van der Waals surface area contributed by atoms with Gasteiger partial charge in [-0.3, -0.25) is 0 Å². The van der Waals surface area contributed by atoms with Gasteiger partial charge in [0.15, 0.2) is 0 Å². The van der Waals surface area contributed by atoms with Crippen molar-refractivity contribution < 1.29 is 0 Å². The lowest BCUT2D eigenvalue weighted by Crippen LogP contribution is -2.53. The van der Waals surface area contributed by atoms with Crippen molar-refractivity contribution in [3.05, 3.63) is 34.3 Å². The van der Waals surface area contributed by atoms with E-state index < -0.39 is 0 Å². The maximum absolute atomic E-state index is 3.70. The fourth-order valence-electron chi connectivity index (χ4n) is 2.78. The summed E-state index contributed by atoms with van der Waals surface area (Å²) in [5.74, 6) is 0.772. The second kappa shape index (κ2) is 4.97. The Morgan fingerprint density at radius 1 is 1.28 bits per heavy atom. The van der Waals surface area contributed by atoms with Gasteiger partial charge in [-0.25, -0.2) is 0 Å². The van der Waals surface area contributed by atoms with E-state index in [1.807, 2.05) is 0 Å². The molecule has 1 aliphatic rings. The molecule has 0 aromatic heterocycles. The van der Waals surface area contributed by atoms with E-state index in [4.69, 9.17) is 0 Å². The normalized spacial score (nSPS) is 27.9. The van der Waals surface area contributed by atoms with Gasteiger partial charge in [0.05, 0.1) is 0 Å². The van der Waals surface area contributed by atoms with E-state index in [0.29, 0.717) is 5.41 Å². The molecule has 1 N–H and O–H groups in total. The maximum Gasteiger partial charge on any atom is 0.0175 e. The Hall–Kier alpha value is -0.340. The number of benzene rings is 1. The summed E-state index contributed by atoms with van der Waals surface area (Å²) in [6.07, 6.45) is 2.65. The van der Waals surface area contributed by atoms with Gasteiger partial charge in [0.25, 0.3) is 0 Å². The molecule has 1 aliphatic carbocycles. The lowest BCUT2D eigenvalue weighted by Gasteiger charge is -2.50. The zero-order chi connectivity index (χ0) is 13.4. The first-order chi connectivity index (χ1) is 8.33. The fourth-order valence-corrected chi connectivity index (χ4v) is 3.04. The first-order valence-corrected chi connectivity index (χ1v) is 7.64. The number of rotatable bonds is 3. The molecule has 18 heavy (non-hydrogen) atoms. The second-order valence-corrected chi connectivity index (χ2v) is 7.62. The van der Waals surface area contributed by atoms with Crippen molar-refractivity contribution in [1.29, 1.82) is 0 Å². The molecule has 0 bridgehead atoms. The van der Waals surface area contributed by atoms with Gasteiger partial charge < -0.3 is 5.32 Å². The van der Waals surface area contributed by atoms with Crippen molar-refractivity contribution in [2.45, 2.75) is 51.5 Å². The van der Waals surface area contributed by atoms with E-state index in [-0.39, 0.29) is 5.54 Å². The quantitative estimate of drug-likeness (QED) is 0.866. The molecule has 1 nitrogen and oxygen atoms in total. The molecule has 0 spiro atoms. The molecule has 1 saturated carbocycles. The monoisotopic (exact) mass is 309 g/mol. The minimum atomic E-state index is 0.192. The maximum atomic E-state index is 3.70. The Morgan fingerprint density at radius 3 is 2.28 bits per heavy atom. The highest BCUT2D eigenvalue weighted by Crippen LogP contribution is 2.48. The number of nitrogens with one attached hydrogen (secondary N) is 1. The molecule has 1 fully saturated rings. The van der Waals surface area contributed by atoms with Gasteiger partial charge in [-0.2, -0.15) is 0 Å². The Kier molecular flexibility index (Phi) is 3.89. The summed E-state index contributed by atoms with van der Waals surface area (Å²) >= 11 is 3.52. The van der Waals surface area contributed by atoms with Crippen LogP contribution in [-0.2, 0) is 5.41 Å². The third kappa shape index (κ3) is 2.80. The topological polar surface area (TPSA) is 12.0 Å². The zero-order valence-corrected chi connectivity index (χ0v) is 13.5. The molecule has 1 aromatic carbocycles. The van der Waals surface area contributed by atoms with Gasteiger partial charge >= 0.3 is 0 Å². The summed E-state index contributed by atoms with van der Waals surface area (Å²) in [5.41, 5.74) is 2.02. The summed E-state index contributed by atoms with van der Waals surface area (Å²) in [4.78, 5) is 0. The molecule has 2 rings (SSSR count). The molecular weight excluding hydrogens is 286 g/mol.